The maximum absolute atomic E-state index is 11.2. The molecule has 9 heteroatoms. The van der Waals surface area contributed by atoms with Crippen LogP contribution in [0.1, 0.15) is 16.1 Å². The van der Waals surface area contributed by atoms with E-state index in [1.165, 1.54) is 6.07 Å². The third kappa shape index (κ3) is 3.06. The van der Waals surface area contributed by atoms with Crippen LogP contribution in [0.25, 0.3) is 16.7 Å². The van der Waals surface area contributed by atoms with Crippen LogP contribution in [-0.4, -0.2) is 30.8 Å². The quantitative estimate of drug-likeness (QED) is 0.497. The van der Waals surface area contributed by atoms with E-state index in [2.05, 4.69) is 20.4 Å². The number of hydrogen-bond donors (Lipinski definition) is 3. The number of nitrogens with zero attached hydrogens (tertiary/aromatic N) is 5. The summed E-state index contributed by atoms with van der Waals surface area (Å²) in [5.41, 5.74) is 6.51. The summed E-state index contributed by atoms with van der Waals surface area (Å²) in [5.74, 6) is -0.995. The zero-order chi connectivity index (χ0) is 19.7. The molecule has 9 nitrogen and oxygen atoms in total. The number of rotatable bonds is 4. The van der Waals surface area contributed by atoms with Crippen molar-refractivity contribution < 1.29 is 9.90 Å². The van der Waals surface area contributed by atoms with Gasteiger partial charge in [0.25, 0.3) is 5.95 Å². The number of anilines is 3. The fraction of sp³-hybridized carbons (Fsp3) is 0. The van der Waals surface area contributed by atoms with E-state index >= 15 is 0 Å². The highest BCUT2D eigenvalue weighted by atomic mass is 16.4. The first-order valence-corrected chi connectivity index (χ1v) is 8.17. The molecule has 4 N–H and O–H groups in total. The molecule has 0 aliphatic heterocycles. The molecule has 0 aliphatic rings. The summed E-state index contributed by atoms with van der Waals surface area (Å²) in [6.07, 6.45) is 1.11. The van der Waals surface area contributed by atoms with Gasteiger partial charge in [0.05, 0.1) is 6.20 Å². The van der Waals surface area contributed by atoms with E-state index in [9.17, 15) is 10.1 Å². The van der Waals surface area contributed by atoms with Crippen LogP contribution in [0.2, 0.25) is 0 Å². The molecule has 0 saturated carbocycles. The van der Waals surface area contributed by atoms with Gasteiger partial charge in [-0.25, -0.2) is 4.79 Å². The molecule has 0 spiro atoms. The Bertz CT molecular complexity index is 1260. The molecule has 4 rings (SSSR count). The Hall–Kier alpha value is -4.45. The standard InChI is InChI=1S/C19H13N7O2/c20-9-14-8-16(23-13-6-5-11-3-1-2-4-12(11)7-13)25-19(24-14)26-17(21)15(10-22-26)18(27)28/h1-8,10H,21H2,(H,27,28)(H,23,24,25). The van der Waals surface area contributed by atoms with E-state index < -0.39 is 5.97 Å². The Kier molecular flexibility index (Phi) is 4.06. The van der Waals surface area contributed by atoms with Gasteiger partial charge in [-0.05, 0) is 22.9 Å². The van der Waals surface area contributed by atoms with E-state index in [1.807, 2.05) is 48.5 Å². The highest BCUT2D eigenvalue weighted by Crippen LogP contribution is 2.23. The smallest absolute Gasteiger partial charge is 0.341 e. The van der Waals surface area contributed by atoms with Crippen molar-refractivity contribution in [3.8, 4) is 12.0 Å². The van der Waals surface area contributed by atoms with Crippen LogP contribution >= 0.6 is 0 Å². The van der Waals surface area contributed by atoms with Crippen LogP contribution in [0.4, 0.5) is 17.3 Å². The van der Waals surface area contributed by atoms with Gasteiger partial charge < -0.3 is 16.2 Å². The number of carboxylic acid groups (broad SMARTS) is 1. The zero-order valence-electron chi connectivity index (χ0n) is 14.4. The second-order valence-electron chi connectivity index (χ2n) is 5.90. The summed E-state index contributed by atoms with van der Waals surface area (Å²) >= 11 is 0. The topological polar surface area (TPSA) is 143 Å². The first-order valence-electron chi connectivity index (χ1n) is 8.17. The molecule has 2 heterocycles. The fourth-order valence-electron chi connectivity index (χ4n) is 2.75. The number of nitrogens with one attached hydrogen (secondary N) is 1. The molecule has 2 aromatic heterocycles. The highest BCUT2D eigenvalue weighted by molar-refractivity contribution is 5.92. The molecule has 0 radical (unpaired) electrons. The maximum Gasteiger partial charge on any atom is 0.341 e. The van der Waals surface area contributed by atoms with Crippen molar-refractivity contribution in [1.29, 1.82) is 5.26 Å². The molecule has 0 saturated heterocycles. The molecule has 0 amide bonds. The predicted molar refractivity (Wildman–Crippen MR) is 102 cm³/mol. The Morgan fingerprint density at radius 1 is 1.14 bits per heavy atom. The van der Waals surface area contributed by atoms with Crippen molar-refractivity contribution in [3.63, 3.8) is 0 Å². The molecule has 0 atom stereocenters. The van der Waals surface area contributed by atoms with Crippen molar-refractivity contribution in [2.24, 2.45) is 0 Å². The number of nitriles is 1. The fourth-order valence-corrected chi connectivity index (χ4v) is 2.75. The SMILES string of the molecule is N#Cc1cc(Nc2ccc3ccccc3c2)nc(-n2ncc(C(=O)O)c2N)n1. The molecule has 2 aromatic carbocycles. The van der Waals surface area contributed by atoms with E-state index in [0.29, 0.717) is 5.82 Å². The van der Waals surface area contributed by atoms with Crippen molar-refractivity contribution in [1.82, 2.24) is 19.7 Å². The number of fused-ring (bicyclic) bond motifs is 1. The third-order valence-electron chi connectivity index (χ3n) is 4.08. The van der Waals surface area contributed by atoms with Crippen molar-refractivity contribution in [3.05, 3.63) is 66.0 Å². The molecule has 0 fully saturated rings. The van der Waals surface area contributed by atoms with Gasteiger partial charge >= 0.3 is 5.97 Å². The zero-order valence-corrected chi connectivity index (χ0v) is 14.4. The number of carboxylic acids is 1. The molecule has 0 unspecified atom stereocenters. The normalized spacial score (nSPS) is 10.5. The van der Waals surface area contributed by atoms with Gasteiger partial charge in [-0.2, -0.15) is 25.0 Å². The Balaban J connectivity index is 1.74. The number of aromatic carboxylic acids is 1. The lowest BCUT2D eigenvalue weighted by Crippen LogP contribution is -2.10. The predicted octanol–water partition coefficient (Wildman–Crippen LogP) is 2.71. The Morgan fingerprint density at radius 2 is 1.93 bits per heavy atom. The molecule has 28 heavy (non-hydrogen) atoms. The summed E-state index contributed by atoms with van der Waals surface area (Å²) in [5, 5.41) is 27.6. The molecular weight excluding hydrogens is 358 g/mol. The lowest BCUT2D eigenvalue weighted by molar-refractivity contribution is 0.0698. The summed E-state index contributed by atoms with van der Waals surface area (Å²) < 4.78 is 1.08. The van der Waals surface area contributed by atoms with Gasteiger partial charge in [-0.1, -0.05) is 30.3 Å². The monoisotopic (exact) mass is 371 g/mol. The number of aromatic nitrogens is 4. The second kappa shape index (κ2) is 6.69. The van der Waals surface area contributed by atoms with Crippen molar-refractivity contribution in [2.75, 3.05) is 11.1 Å². The van der Waals surface area contributed by atoms with Crippen LogP contribution in [0.3, 0.4) is 0 Å². The van der Waals surface area contributed by atoms with Crippen LogP contribution in [0, 0.1) is 11.3 Å². The maximum atomic E-state index is 11.2. The average molecular weight is 371 g/mol. The largest absolute Gasteiger partial charge is 0.477 e. The minimum Gasteiger partial charge on any atom is -0.477 e. The molecule has 4 aromatic rings. The summed E-state index contributed by atoms with van der Waals surface area (Å²) in [6, 6.07) is 17.2. The first kappa shape index (κ1) is 17.0. The van der Waals surface area contributed by atoms with Gasteiger partial charge in [-0.15, -0.1) is 0 Å². The lowest BCUT2D eigenvalue weighted by atomic mass is 10.1. The lowest BCUT2D eigenvalue weighted by Gasteiger charge is -2.09. The summed E-state index contributed by atoms with van der Waals surface area (Å²) in [6.45, 7) is 0. The van der Waals surface area contributed by atoms with Crippen LogP contribution in [0.15, 0.2) is 54.7 Å². The molecule has 136 valence electrons. The highest BCUT2D eigenvalue weighted by Gasteiger charge is 2.17. The van der Waals surface area contributed by atoms with E-state index in [1.54, 1.807) is 0 Å². The number of hydrogen-bond acceptors (Lipinski definition) is 7. The number of carbonyl (C=O) groups is 1. The second-order valence-corrected chi connectivity index (χ2v) is 5.90. The Labute approximate surface area is 158 Å². The van der Waals surface area contributed by atoms with Gasteiger partial charge in [0, 0.05) is 11.8 Å². The minimum absolute atomic E-state index is 0.00709. The number of nitrogen functional groups attached to an aromatic ring is 1. The van der Waals surface area contributed by atoms with Crippen LogP contribution in [0.5, 0.6) is 0 Å². The third-order valence-corrected chi connectivity index (χ3v) is 4.08. The van der Waals surface area contributed by atoms with E-state index in [-0.39, 0.29) is 23.0 Å². The molecule has 0 bridgehead atoms. The van der Waals surface area contributed by atoms with Crippen molar-refractivity contribution >= 4 is 34.1 Å². The van der Waals surface area contributed by atoms with Gasteiger partial charge in [0.1, 0.15) is 29.0 Å². The van der Waals surface area contributed by atoms with Gasteiger partial charge in [0.2, 0.25) is 0 Å². The van der Waals surface area contributed by atoms with Gasteiger partial charge in [-0.3, -0.25) is 0 Å². The van der Waals surface area contributed by atoms with E-state index in [0.717, 1.165) is 27.3 Å². The van der Waals surface area contributed by atoms with E-state index in [4.69, 9.17) is 10.8 Å². The summed E-state index contributed by atoms with van der Waals surface area (Å²) in [4.78, 5) is 19.5. The molecular formula is C19H13N7O2. The van der Waals surface area contributed by atoms with Crippen LogP contribution < -0.4 is 11.1 Å². The number of benzene rings is 2. The number of nitrogens with two attached hydrogens (primary N) is 1. The minimum atomic E-state index is -1.21. The van der Waals surface area contributed by atoms with Crippen LogP contribution in [-0.2, 0) is 0 Å². The summed E-state index contributed by atoms with van der Waals surface area (Å²) in [7, 11) is 0. The molecule has 0 aliphatic carbocycles. The average Bonchev–Trinajstić information content (AvgIpc) is 3.09. The Morgan fingerprint density at radius 3 is 2.64 bits per heavy atom. The first-order chi connectivity index (χ1) is 13.5. The van der Waals surface area contributed by atoms with Crippen molar-refractivity contribution in [2.45, 2.75) is 0 Å². The van der Waals surface area contributed by atoms with Gasteiger partial charge in [0.15, 0.2) is 0 Å².